The lowest BCUT2D eigenvalue weighted by Crippen LogP contribution is -2.30. The minimum absolute atomic E-state index is 0.0377. The largest absolute Gasteiger partial charge is 0.465 e. The highest BCUT2D eigenvalue weighted by Gasteiger charge is 2.36. The molecule has 7 nitrogen and oxygen atoms in total. The second kappa shape index (κ2) is 9.41. The fraction of sp³-hybridized carbons (Fsp3) is 0.409. The molecule has 0 bridgehead atoms. The molecule has 2 aromatic rings. The number of furan rings is 1. The van der Waals surface area contributed by atoms with E-state index in [-0.39, 0.29) is 35.0 Å². The number of carbonyl (C=O) groups excluding carboxylic acids is 3. The van der Waals surface area contributed by atoms with Crippen molar-refractivity contribution >= 4 is 23.6 Å². The van der Waals surface area contributed by atoms with E-state index in [1.54, 1.807) is 0 Å². The molecule has 0 saturated carbocycles. The van der Waals surface area contributed by atoms with Crippen molar-refractivity contribution < 1.29 is 28.3 Å². The minimum Gasteiger partial charge on any atom is -0.465 e. The summed E-state index contributed by atoms with van der Waals surface area (Å²) in [5.41, 5.74) is 0.804. The van der Waals surface area contributed by atoms with Gasteiger partial charge < -0.3 is 18.8 Å². The Morgan fingerprint density at radius 1 is 0.931 bits per heavy atom. The summed E-state index contributed by atoms with van der Waals surface area (Å²) in [6.07, 6.45) is 3.59. The van der Waals surface area contributed by atoms with E-state index >= 15 is 0 Å². The normalized spacial score (nSPS) is 13.8. The van der Waals surface area contributed by atoms with Gasteiger partial charge in [-0.2, -0.15) is 0 Å². The van der Waals surface area contributed by atoms with Gasteiger partial charge in [0.05, 0.1) is 14.2 Å². The molecule has 0 radical (unpaired) electrons. The Kier molecular flexibility index (Phi) is 6.69. The van der Waals surface area contributed by atoms with Crippen LogP contribution in [0.1, 0.15) is 62.5 Å². The maximum atomic E-state index is 12.9. The van der Waals surface area contributed by atoms with Crippen molar-refractivity contribution in [2.75, 3.05) is 32.2 Å². The minimum atomic E-state index is -0.791. The first kappa shape index (κ1) is 20.6. The predicted molar refractivity (Wildman–Crippen MR) is 107 cm³/mol. The van der Waals surface area contributed by atoms with Gasteiger partial charge in [-0.15, -0.1) is 0 Å². The van der Waals surface area contributed by atoms with Crippen LogP contribution in [-0.2, 0) is 15.9 Å². The van der Waals surface area contributed by atoms with E-state index in [4.69, 9.17) is 13.9 Å². The summed E-state index contributed by atoms with van der Waals surface area (Å²) >= 11 is 0. The van der Waals surface area contributed by atoms with E-state index in [2.05, 4.69) is 0 Å². The number of hydrogen-bond acceptors (Lipinski definition) is 7. The number of Topliss-reactive ketones (excluding diaryl/α,β-unsaturated/α-hetero) is 1. The van der Waals surface area contributed by atoms with Crippen LogP contribution in [-0.4, -0.2) is 45.0 Å². The smallest absolute Gasteiger partial charge is 0.344 e. The zero-order chi connectivity index (χ0) is 20.8. The van der Waals surface area contributed by atoms with E-state index in [1.165, 1.54) is 14.2 Å². The first-order valence-corrected chi connectivity index (χ1v) is 9.72. The lowest BCUT2D eigenvalue weighted by atomic mass is 10.0. The molecular formula is C22H25NO6. The zero-order valence-corrected chi connectivity index (χ0v) is 16.7. The lowest BCUT2D eigenvalue weighted by Gasteiger charge is -2.26. The molecule has 1 aliphatic heterocycles. The summed E-state index contributed by atoms with van der Waals surface area (Å²) < 4.78 is 15.6. The van der Waals surface area contributed by atoms with E-state index in [0.29, 0.717) is 19.5 Å². The van der Waals surface area contributed by atoms with Crippen LogP contribution < -0.4 is 4.90 Å². The molecule has 0 spiro atoms. The summed E-state index contributed by atoms with van der Waals surface area (Å²) in [5, 5.41) is 0. The fourth-order valence-electron chi connectivity index (χ4n) is 3.54. The number of ether oxygens (including phenoxy) is 2. The fourth-order valence-corrected chi connectivity index (χ4v) is 3.54. The van der Waals surface area contributed by atoms with Crippen LogP contribution >= 0.6 is 0 Å². The number of benzene rings is 1. The van der Waals surface area contributed by atoms with Crippen LogP contribution in [0.25, 0.3) is 0 Å². The number of esters is 2. The van der Waals surface area contributed by atoms with Gasteiger partial charge in [-0.05, 0) is 31.2 Å². The highest BCUT2D eigenvalue weighted by molar-refractivity contribution is 6.13. The summed E-state index contributed by atoms with van der Waals surface area (Å²) in [4.78, 5) is 39.8. The van der Waals surface area contributed by atoms with Crippen LogP contribution in [0.5, 0.6) is 0 Å². The molecule has 1 aromatic carbocycles. The van der Waals surface area contributed by atoms with Gasteiger partial charge in [-0.25, -0.2) is 9.59 Å². The number of methoxy groups -OCH3 is 2. The maximum absolute atomic E-state index is 12.9. The van der Waals surface area contributed by atoms with Crippen molar-refractivity contribution in [3.63, 3.8) is 0 Å². The third-order valence-electron chi connectivity index (χ3n) is 5.05. The molecule has 0 unspecified atom stereocenters. The van der Waals surface area contributed by atoms with Gasteiger partial charge in [-0.1, -0.05) is 30.3 Å². The van der Waals surface area contributed by atoms with Crippen LogP contribution in [0.2, 0.25) is 0 Å². The van der Waals surface area contributed by atoms with Gasteiger partial charge in [0, 0.05) is 19.5 Å². The highest BCUT2D eigenvalue weighted by Crippen LogP contribution is 2.34. The number of ketones is 1. The molecule has 1 saturated heterocycles. The van der Waals surface area contributed by atoms with Gasteiger partial charge in [0.15, 0.2) is 11.5 Å². The van der Waals surface area contributed by atoms with Gasteiger partial charge in [0.25, 0.3) is 0 Å². The Morgan fingerprint density at radius 2 is 1.55 bits per heavy atom. The van der Waals surface area contributed by atoms with Gasteiger partial charge in [0.2, 0.25) is 5.88 Å². The van der Waals surface area contributed by atoms with Crippen molar-refractivity contribution in [3.8, 4) is 0 Å². The third kappa shape index (κ3) is 4.50. The van der Waals surface area contributed by atoms with E-state index in [1.807, 2.05) is 35.2 Å². The number of anilines is 1. The number of nitrogens with zero attached hydrogens (tertiary/aromatic N) is 1. The Morgan fingerprint density at radius 3 is 2.17 bits per heavy atom. The van der Waals surface area contributed by atoms with Crippen LogP contribution in [0.15, 0.2) is 34.7 Å². The van der Waals surface area contributed by atoms with Gasteiger partial charge >= 0.3 is 11.9 Å². The van der Waals surface area contributed by atoms with E-state index in [9.17, 15) is 14.4 Å². The van der Waals surface area contributed by atoms with Crippen molar-refractivity contribution in [2.24, 2.45) is 0 Å². The molecular weight excluding hydrogens is 374 g/mol. The molecule has 7 heteroatoms. The van der Waals surface area contributed by atoms with Crippen molar-refractivity contribution in [1.82, 2.24) is 0 Å². The molecule has 0 N–H and O–H groups in total. The zero-order valence-electron chi connectivity index (χ0n) is 16.7. The monoisotopic (exact) mass is 399 g/mol. The number of aryl methyl sites for hydroxylation is 1. The quantitative estimate of drug-likeness (QED) is 0.519. The average molecular weight is 399 g/mol. The second-order valence-corrected chi connectivity index (χ2v) is 6.93. The number of hydrogen-bond donors (Lipinski definition) is 0. The Hall–Kier alpha value is -3.09. The summed E-state index contributed by atoms with van der Waals surface area (Å²) in [7, 11) is 2.43. The maximum Gasteiger partial charge on any atom is 0.344 e. The molecule has 29 heavy (non-hydrogen) atoms. The first-order valence-electron chi connectivity index (χ1n) is 9.72. The molecule has 1 aromatic heterocycles. The van der Waals surface area contributed by atoms with Crippen molar-refractivity contribution in [3.05, 3.63) is 52.8 Å². The highest BCUT2D eigenvalue weighted by atomic mass is 16.5. The Labute approximate surface area is 169 Å². The second-order valence-electron chi connectivity index (χ2n) is 6.93. The summed E-state index contributed by atoms with van der Waals surface area (Å²) in [5.74, 6) is -1.81. The number of rotatable bonds is 7. The molecule has 0 aliphatic carbocycles. The van der Waals surface area contributed by atoms with Gasteiger partial charge in [-0.3, -0.25) is 4.79 Å². The van der Waals surface area contributed by atoms with Crippen molar-refractivity contribution in [1.29, 1.82) is 0 Å². The number of piperidine rings is 1. The number of carbonyl (C=O) groups is 3. The molecule has 0 atom stereocenters. The summed E-state index contributed by atoms with van der Waals surface area (Å²) in [6, 6.07) is 9.55. The average Bonchev–Trinajstić information content (AvgIpc) is 3.18. The molecule has 3 rings (SSSR count). The lowest BCUT2D eigenvalue weighted by molar-refractivity contribution is 0.0555. The van der Waals surface area contributed by atoms with Crippen LogP contribution in [0, 0.1) is 0 Å². The van der Waals surface area contributed by atoms with Crippen LogP contribution in [0.3, 0.4) is 0 Å². The Bertz CT molecular complexity index is 880. The SMILES string of the molecule is COC(=O)c1c(C(=O)CCc2ccccc2)oc(N2CCCCC2)c1C(=O)OC. The topological polar surface area (TPSA) is 86.1 Å². The van der Waals surface area contributed by atoms with Crippen LogP contribution in [0.4, 0.5) is 5.88 Å². The molecule has 1 fully saturated rings. The standard InChI is InChI=1S/C22H25NO6/c1-27-21(25)17-18(22(26)28-2)20(23-13-7-4-8-14-23)29-19(17)16(24)12-11-15-9-5-3-6-10-15/h3,5-6,9-10H,4,7-8,11-14H2,1-2H3. The van der Waals surface area contributed by atoms with E-state index in [0.717, 1.165) is 24.8 Å². The van der Waals surface area contributed by atoms with Crippen molar-refractivity contribution in [2.45, 2.75) is 32.1 Å². The third-order valence-corrected chi connectivity index (χ3v) is 5.05. The molecule has 1 aliphatic rings. The van der Waals surface area contributed by atoms with Gasteiger partial charge in [0.1, 0.15) is 11.1 Å². The first-order chi connectivity index (χ1) is 14.1. The Balaban J connectivity index is 1.99. The predicted octanol–water partition coefficient (Wildman–Crippen LogP) is 3.66. The summed E-state index contributed by atoms with van der Waals surface area (Å²) in [6.45, 7) is 1.35. The molecule has 0 amide bonds. The van der Waals surface area contributed by atoms with E-state index < -0.39 is 11.9 Å². The molecule has 154 valence electrons. The molecule has 2 heterocycles.